The number of rotatable bonds is 11. The third-order valence-electron chi connectivity index (χ3n) is 5.11. The van der Waals surface area contributed by atoms with Gasteiger partial charge in [0.2, 0.25) is 5.91 Å². The Morgan fingerprint density at radius 3 is 2.39 bits per heavy atom. The van der Waals surface area contributed by atoms with Crippen LogP contribution >= 0.6 is 0 Å². The molecule has 1 amide bonds. The van der Waals surface area contributed by atoms with Crippen molar-refractivity contribution >= 4 is 21.7 Å². The van der Waals surface area contributed by atoms with Gasteiger partial charge in [-0.25, -0.2) is 0 Å². The third kappa shape index (κ3) is 6.10. The van der Waals surface area contributed by atoms with E-state index in [0.29, 0.717) is 25.3 Å². The normalized spacial score (nSPS) is 14.4. The minimum absolute atomic E-state index is 0.0612. The molecule has 0 radical (unpaired) electrons. The summed E-state index contributed by atoms with van der Waals surface area (Å²) in [6, 6.07) is 5.54. The third-order valence-corrected chi connectivity index (χ3v) is 5.60. The smallest absolute Gasteiger partial charge is 0.306 e. The molecule has 1 aromatic rings. The van der Waals surface area contributed by atoms with Crippen LogP contribution in [0.15, 0.2) is 18.2 Å². The number of amides is 1. The molecule has 0 heterocycles. The molecule has 0 atom stereocenters. The molecule has 0 saturated heterocycles. The number of methoxy groups -OCH3 is 1. The van der Waals surface area contributed by atoms with Crippen LogP contribution < -0.4 is 9.08 Å². The van der Waals surface area contributed by atoms with Gasteiger partial charge in [-0.2, -0.15) is 8.42 Å². The molecule has 0 N–H and O–H groups in total. The predicted molar refractivity (Wildman–Crippen MR) is 110 cm³/mol. The van der Waals surface area contributed by atoms with Crippen LogP contribution in [0.1, 0.15) is 38.7 Å². The summed E-state index contributed by atoms with van der Waals surface area (Å²) < 4.78 is 34.0. The van der Waals surface area contributed by atoms with Gasteiger partial charge in [-0.05, 0) is 32.8 Å². The molecule has 0 aromatic heterocycles. The highest BCUT2D eigenvalue weighted by Gasteiger charge is 2.30. The molecule has 7 nitrogen and oxygen atoms in total. The summed E-state index contributed by atoms with van der Waals surface area (Å²) in [4.78, 5) is 16.7. The van der Waals surface area contributed by atoms with Crippen LogP contribution in [-0.4, -0.2) is 58.8 Å². The largest absolute Gasteiger partial charge is 0.383 e. The highest BCUT2D eigenvalue weighted by atomic mass is 32.2. The molecule has 8 heteroatoms. The van der Waals surface area contributed by atoms with E-state index in [0.717, 1.165) is 44.3 Å². The van der Waals surface area contributed by atoms with E-state index in [1.54, 1.807) is 18.1 Å². The topological polar surface area (TPSA) is 76.2 Å². The maximum Gasteiger partial charge on any atom is 0.306 e. The fourth-order valence-corrected chi connectivity index (χ4v) is 3.77. The summed E-state index contributed by atoms with van der Waals surface area (Å²) >= 11 is 0. The molecule has 0 bridgehead atoms. The fraction of sp³-hybridized carbons (Fsp3) is 0.650. The summed E-state index contributed by atoms with van der Waals surface area (Å²) in [5.74, 6) is 0.434. The zero-order chi connectivity index (χ0) is 20.7. The first kappa shape index (κ1) is 22.5. The molecule has 0 aliphatic heterocycles. The number of nitrogens with zero attached hydrogens (tertiary/aromatic N) is 2. The summed E-state index contributed by atoms with van der Waals surface area (Å²) in [5, 5.41) is 0. The Bertz CT molecular complexity index is 758. The van der Waals surface area contributed by atoms with E-state index in [2.05, 4.69) is 4.90 Å². The Morgan fingerprint density at radius 1 is 1.21 bits per heavy atom. The summed E-state index contributed by atoms with van der Waals surface area (Å²) in [6.45, 7) is 6.86. The molecular formula is C20H32N2O5S. The van der Waals surface area contributed by atoms with Crippen molar-refractivity contribution in [2.45, 2.75) is 39.7 Å². The van der Waals surface area contributed by atoms with Gasteiger partial charge in [0.05, 0.1) is 12.9 Å². The van der Waals surface area contributed by atoms with Crippen molar-refractivity contribution in [1.29, 1.82) is 0 Å². The molecule has 0 spiro atoms. The maximum atomic E-state index is 12.8. The predicted octanol–water partition coefficient (Wildman–Crippen LogP) is 2.65. The average Bonchev–Trinajstić information content (AvgIpc) is 2.58. The summed E-state index contributed by atoms with van der Waals surface area (Å²) in [7, 11) is -2.08. The Hall–Kier alpha value is -1.80. The first-order chi connectivity index (χ1) is 13.3. The first-order valence-electron chi connectivity index (χ1n) is 9.84. The van der Waals surface area contributed by atoms with Gasteiger partial charge in [0, 0.05) is 56.5 Å². The second kappa shape index (κ2) is 10.1. The van der Waals surface area contributed by atoms with Crippen LogP contribution in [0.2, 0.25) is 0 Å². The Morgan fingerprint density at radius 2 is 1.89 bits per heavy atom. The van der Waals surface area contributed by atoms with Crippen LogP contribution in [0, 0.1) is 5.92 Å². The highest BCUT2D eigenvalue weighted by Crippen LogP contribution is 2.31. The monoisotopic (exact) mass is 412 g/mol. The van der Waals surface area contributed by atoms with Crippen molar-refractivity contribution in [3.63, 3.8) is 0 Å². The second-order valence-corrected chi connectivity index (χ2v) is 8.71. The van der Waals surface area contributed by atoms with Crippen molar-refractivity contribution in [3.8, 4) is 5.75 Å². The van der Waals surface area contributed by atoms with Gasteiger partial charge in [-0.1, -0.05) is 12.5 Å². The van der Waals surface area contributed by atoms with E-state index in [1.165, 1.54) is 0 Å². The molecule has 1 fully saturated rings. The number of carbonyl (C=O) groups excluding carboxylic acids is 1. The van der Waals surface area contributed by atoms with Crippen LogP contribution in [0.5, 0.6) is 5.75 Å². The van der Waals surface area contributed by atoms with Crippen molar-refractivity contribution in [1.82, 2.24) is 4.90 Å². The van der Waals surface area contributed by atoms with Crippen LogP contribution in [0.25, 0.3) is 0 Å². The number of hydrogen-bond donors (Lipinski definition) is 0. The molecule has 1 aromatic carbocycles. The molecule has 1 aliphatic rings. The van der Waals surface area contributed by atoms with E-state index in [4.69, 9.17) is 8.92 Å². The average molecular weight is 413 g/mol. The number of benzene rings is 1. The summed E-state index contributed by atoms with van der Waals surface area (Å²) in [6.07, 6.45) is 3.93. The van der Waals surface area contributed by atoms with Crippen LogP contribution in [0.3, 0.4) is 0 Å². The Balaban J connectivity index is 2.32. The zero-order valence-corrected chi connectivity index (χ0v) is 18.1. The van der Waals surface area contributed by atoms with Crippen molar-refractivity contribution in [2.75, 3.05) is 44.5 Å². The molecular weight excluding hydrogens is 380 g/mol. The van der Waals surface area contributed by atoms with E-state index < -0.39 is 10.1 Å². The number of anilines is 1. The molecule has 1 saturated carbocycles. The quantitative estimate of drug-likeness (QED) is 0.520. The number of carbonyl (C=O) groups is 1. The Kier molecular flexibility index (Phi) is 8.12. The minimum atomic E-state index is -3.69. The zero-order valence-electron chi connectivity index (χ0n) is 17.3. The lowest BCUT2D eigenvalue weighted by molar-refractivity contribution is -0.139. The van der Waals surface area contributed by atoms with E-state index in [9.17, 15) is 13.2 Å². The lowest BCUT2D eigenvalue weighted by atomic mass is 9.84. The lowest BCUT2D eigenvalue weighted by Gasteiger charge is -2.32. The highest BCUT2D eigenvalue weighted by molar-refractivity contribution is 7.86. The molecule has 0 unspecified atom stereocenters. The van der Waals surface area contributed by atoms with Gasteiger partial charge in [0.1, 0.15) is 5.75 Å². The van der Waals surface area contributed by atoms with Crippen molar-refractivity contribution in [3.05, 3.63) is 23.8 Å². The number of ether oxygens (including phenoxy) is 1. The molecule has 2 rings (SSSR count). The van der Waals surface area contributed by atoms with Crippen molar-refractivity contribution in [2.24, 2.45) is 5.92 Å². The van der Waals surface area contributed by atoms with Gasteiger partial charge >= 0.3 is 10.1 Å². The van der Waals surface area contributed by atoms with Crippen molar-refractivity contribution < 1.29 is 22.1 Å². The van der Waals surface area contributed by atoms with E-state index in [-0.39, 0.29) is 17.6 Å². The van der Waals surface area contributed by atoms with Gasteiger partial charge in [0.15, 0.2) is 0 Å². The van der Waals surface area contributed by atoms with Gasteiger partial charge in [-0.3, -0.25) is 4.79 Å². The van der Waals surface area contributed by atoms with Gasteiger partial charge in [-0.15, -0.1) is 0 Å². The van der Waals surface area contributed by atoms with Gasteiger partial charge in [0.25, 0.3) is 0 Å². The van der Waals surface area contributed by atoms with E-state index in [1.807, 2.05) is 26.0 Å². The molecule has 1 aliphatic carbocycles. The lowest BCUT2D eigenvalue weighted by Crippen LogP contribution is -2.40. The van der Waals surface area contributed by atoms with E-state index >= 15 is 0 Å². The maximum absolute atomic E-state index is 12.8. The molecule has 28 heavy (non-hydrogen) atoms. The number of hydrogen-bond acceptors (Lipinski definition) is 6. The standard InChI is InChI=1S/C20H32N2O5S/c1-5-21(6-2)18-11-10-17(19(14-18)27-28(4,24)25)15-22(12-13-26-3)20(23)16-8-7-9-16/h10-11,14,16H,5-9,12-13,15H2,1-4H3. The SMILES string of the molecule is CCN(CC)c1ccc(CN(CCOC)C(=O)C2CCC2)c(OS(C)(=O)=O)c1. The van der Waals surface area contributed by atoms with Gasteiger partial charge < -0.3 is 18.7 Å². The van der Waals surface area contributed by atoms with Crippen LogP contribution in [-0.2, 0) is 26.2 Å². The molecule has 158 valence electrons. The van der Waals surface area contributed by atoms with Crippen LogP contribution in [0.4, 0.5) is 5.69 Å². The Labute approximate surface area is 168 Å². The second-order valence-electron chi connectivity index (χ2n) is 7.13. The minimum Gasteiger partial charge on any atom is -0.383 e. The fourth-order valence-electron chi connectivity index (χ4n) is 3.29. The first-order valence-corrected chi connectivity index (χ1v) is 11.7. The summed E-state index contributed by atoms with van der Waals surface area (Å²) in [5.41, 5.74) is 1.56.